The average molecular weight is 386 g/mol. The van der Waals surface area contributed by atoms with Crippen molar-refractivity contribution in [3.63, 3.8) is 0 Å². The van der Waals surface area contributed by atoms with Crippen molar-refractivity contribution in [2.75, 3.05) is 43.0 Å². The van der Waals surface area contributed by atoms with Crippen LogP contribution >= 0.6 is 11.6 Å². The minimum atomic E-state index is -0.147. The van der Waals surface area contributed by atoms with E-state index in [0.717, 1.165) is 19.6 Å². The van der Waals surface area contributed by atoms with E-state index in [2.05, 4.69) is 18.7 Å². The van der Waals surface area contributed by atoms with Crippen LogP contribution in [0.1, 0.15) is 34.6 Å². The lowest BCUT2D eigenvalue weighted by Crippen LogP contribution is -2.42. The van der Waals surface area contributed by atoms with E-state index in [-0.39, 0.29) is 11.8 Å². The predicted molar refractivity (Wildman–Crippen MR) is 110 cm³/mol. The third kappa shape index (κ3) is 3.70. The lowest BCUT2D eigenvalue weighted by Gasteiger charge is -2.32. The SMILES string of the molecule is CCN(CC)CCN1C(=O)c2cc(Cl)ccc2N(C)C(=O)c2ccccc21. The molecule has 0 atom stereocenters. The zero-order valence-corrected chi connectivity index (χ0v) is 16.7. The molecule has 0 aromatic heterocycles. The summed E-state index contributed by atoms with van der Waals surface area (Å²) in [6.45, 7) is 7.24. The largest absolute Gasteiger partial charge is 0.311 e. The number of hydrogen-bond acceptors (Lipinski definition) is 3. The fourth-order valence-electron chi connectivity index (χ4n) is 3.41. The van der Waals surface area contributed by atoms with Gasteiger partial charge in [0, 0.05) is 25.2 Å². The molecule has 3 rings (SSSR count). The molecule has 27 heavy (non-hydrogen) atoms. The summed E-state index contributed by atoms with van der Waals surface area (Å²) in [6, 6.07) is 12.3. The van der Waals surface area contributed by atoms with Gasteiger partial charge in [-0.05, 0) is 43.4 Å². The standard InChI is InChI=1S/C21H24ClN3O2/c1-4-24(5-2)12-13-25-19-9-7-6-8-16(19)20(26)23(3)18-11-10-15(22)14-17(18)21(25)27/h6-11,14H,4-5,12-13H2,1-3H3. The smallest absolute Gasteiger partial charge is 0.260 e. The van der Waals surface area contributed by atoms with E-state index >= 15 is 0 Å². The summed E-state index contributed by atoms with van der Waals surface area (Å²) in [5, 5.41) is 0.473. The van der Waals surface area contributed by atoms with Gasteiger partial charge in [-0.3, -0.25) is 9.59 Å². The third-order valence-corrected chi connectivity index (χ3v) is 5.29. The van der Waals surface area contributed by atoms with E-state index in [1.165, 1.54) is 4.90 Å². The maximum absolute atomic E-state index is 13.5. The Morgan fingerprint density at radius 2 is 1.63 bits per heavy atom. The van der Waals surface area contributed by atoms with Gasteiger partial charge >= 0.3 is 0 Å². The van der Waals surface area contributed by atoms with Crippen molar-refractivity contribution < 1.29 is 9.59 Å². The first-order valence-electron chi connectivity index (χ1n) is 9.18. The zero-order chi connectivity index (χ0) is 19.6. The molecule has 2 amide bonds. The molecule has 1 heterocycles. The van der Waals surface area contributed by atoms with Gasteiger partial charge in [0.2, 0.25) is 0 Å². The number of likely N-dealkylation sites (N-methyl/N-ethyl adjacent to an activating group) is 1. The molecule has 0 unspecified atom stereocenters. The van der Waals surface area contributed by atoms with Crippen LogP contribution in [0.2, 0.25) is 5.02 Å². The molecule has 0 N–H and O–H groups in total. The van der Waals surface area contributed by atoms with E-state index in [1.807, 2.05) is 18.2 Å². The molecule has 2 aromatic carbocycles. The molecule has 1 aliphatic rings. The molecule has 2 aromatic rings. The monoisotopic (exact) mass is 385 g/mol. The van der Waals surface area contributed by atoms with Gasteiger partial charge in [0.1, 0.15) is 0 Å². The third-order valence-electron chi connectivity index (χ3n) is 5.06. The van der Waals surface area contributed by atoms with E-state index in [0.29, 0.717) is 34.1 Å². The van der Waals surface area contributed by atoms with E-state index in [4.69, 9.17) is 11.6 Å². The molecule has 0 fully saturated rings. The molecule has 1 aliphatic heterocycles. The first-order valence-corrected chi connectivity index (χ1v) is 9.56. The number of benzene rings is 2. The molecular formula is C21H24ClN3O2. The van der Waals surface area contributed by atoms with Gasteiger partial charge in [-0.1, -0.05) is 37.6 Å². The van der Waals surface area contributed by atoms with Crippen LogP contribution in [-0.2, 0) is 0 Å². The van der Waals surface area contributed by atoms with Gasteiger partial charge in [-0.2, -0.15) is 0 Å². The number of carbonyl (C=O) groups is 2. The lowest BCUT2D eigenvalue weighted by molar-refractivity contribution is 0.0975. The summed E-state index contributed by atoms with van der Waals surface area (Å²) in [4.78, 5) is 32.0. The lowest BCUT2D eigenvalue weighted by atomic mass is 10.0. The Kier molecular flexibility index (Phi) is 5.82. The molecule has 0 radical (unpaired) electrons. The Labute approximate surface area is 165 Å². The molecule has 0 spiro atoms. The Balaban J connectivity index is 2.12. The van der Waals surface area contributed by atoms with Crippen molar-refractivity contribution in [3.05, 3.63) is 58.6 Å². The van der Waals surface area contributed by atoms with Crippen LogP contribution in [0.15, 0.2) is 42.5 Å². The van der Waals surface area contributed by atoms with Crippen molar-refractivity contribution >= 4 is 34.8 Å². The number of carbonyl (C=O) groups excluding carboxylic acids is 2. The van der Waals surface area contributed by atoms with Gasteiger partial charge in [0.05, 0.1) is 22.5 Å². The van der Waals surface area contributed by atoms with Crippen LogP contribution in [0, 0.1) is 0 Å². The number of rotatable bonds is 5. The zero-order valence-electron chi connectivity index (χ0n) is 15.9. The molecule has 5 nitrogen and oxygen atoms in total. The molecule has 6 heteroatoms. The summed E-state index contributed by atoms with van der Waals surface area (Å²) in [6.07, 6.45) is 0. The second-order valence-corrected chi connectivity index (χ2v) is 6.96. The Morgan fingerprint density at radius 1 is 0.926 bits per heavy atom. The van der Waals surface area contributed by atoms with Crippen LogP contribution in [0.4, 0.5) is 11.4 Å². The summed E-state index contributed by atoms with van der Waals surface area (Å²) in [7, 11) is 1.69. The maximum Gasteiger partial charge on any atom is 0.260 e. The van der Waals surface area contributed by atoms with Crippen molar-refractivity contribution in [3.8, 4) is 0 Å². The first-order chi connectivity index (χ1) is 13.0. The fraction of sp³-hybridized carbons (Fsp3) is 0.333. The Hall–Kier alpha value is -2.37. The maximum atomic E-state index is 13.5. The highest BCUT2D eigenvalue weighted by atomic mass is 35.5. The van der Waals surface area contributed by atoms with Crippen molar-refractivity contribution in [2.24, 2.45) is 0 Å². The number of nitrogens with zero attached hydrogens (tertiary/aromatic N) is 3. The summed E-state index contributed by atoms with van der Waals surface area (Å²) >= 11 is 6.16. The van der Waals surface area contributed by atoms with Gasteiger partial charge in [0.15, 0.2) is 0 Å². The van der Waals surface area contributed by atoms with Crippen LogP contribution < -0.4 is 9.80 Å². The highest BCUT2D eigenvalue weighted by molar-refractivity contribution is 6.31. The number of halogens is 1. The highest BCUT2D eigenvalue weighted by Crippen LogP contribution is 2.33. The van der Waals surface area contributed by atoms with E-state index in [9.17, 15) is 9.59 Å². The number of fused-ring (bicyclic) bond motifs is 2. The van der Waals surface area contributed by atoms with Crippen molar-refractivity contribution in [1.29, 1.82) is 0 Å². The Morgan fingerprint density at radius 3 is 2.33 bits per heavy atom. The molecule has 0 saturated carbocycles. The second-order valence-electron chi connectivity index (χ2n) is 6.53. The highest BCUT2D eigenvalue weighted by Gasteiger charge is 2.31. The molecular weight excluding hydrogens is 362 g/mol. The summed E-state index contributed by atoms with van der Waals surface area (Å²) < 4.78 is 0. The average Bonchev–Trinajstić information content (AvgIpc) is 2.69. The summed E-state index contributed by atoms with van der Waals surface area (Å²) in [5.41, 5.74) is 2.16. The topological polar surface area (TPSA) is 43.9 Å². The van der Waals surface area contributed by atoms with Gasteiger partial charge in [0.25, 0.3) is 11.8 Å². The number of para-hydroxylation sites is 1. The van der Waals surface area contributed by atoms with Gasteiger partial charge < -0.3 is 14.7 Å². The molecule has 0 saturated heterocycles. The quantitative estimate of drug-likeness (QED) is 0.783. The first kappa shape index (κ1) is 19.4. The predicted octanol–water partition coefficient (Wildman–Crippen LogP) is 3.92. The van der Waals surface area contributed by atoms with Crippen LogP contribution in [0.25, 0.3) is 0 Å². The normalized spacial score (nSPS) is 14.1. The van der Waals surface area contributed by atoms with Crippen LogP contribution in [-0.4, -0.2) is 49.9 Å². The van der Waals surface area contributed by atoms with E-state index < -0.39 is 0 Å². The van der Waals surface area contributed by atoms with Crippen molar-refractivity contribution in [1.82, 2.24) is 4.90 Å². The Bertz CT molecular complexity index is 864. The summed E-state index contributed by atoms with van der Waals surface area (Å²) in [5.74, 6) is -0.291. The molecule has 0 aliphatic carbocycles. The number of amides is 2. The van der Waals surface area contributed by atoms with E-state index in [1.54, 1.807) is 36.2 Å². The van der Waals surface area contributed by atoms with Crippen LogP contribution in [0.5, 0.6) is 0 Å². The minimum absolute atomic E-state index is 0.144. The van der Waals surface area contributed by atoms with Gasteiger partial charge in [-0.25, -0.2) is 0 Å². The second kappa shape index (κ2) is 8.11. The van der Waals surface area contributed by atoms with Gasteiger partial charge in [-0.15, -0.1) is 0 Å². The fourth-order valence-corrected chi connectivity index (χ4v) is 3.58. The molecule has 142 valence electrons. The van der Waals surface area contributed by atoms with Crippen LogP contribution in [0.3, 0.4) is 0 Å². The molecule has 0 bridgehead atoms. The number of hydrogen-bond donors (Lipinski definition) is 0. The minimum Gasteiger partial charge on any atom is -0.311 e. The van der Waals surface area contributed by atoms with Crippen molar-refractivity contribution in [2.45, 2.75) is 13.8 Å². The number of anilines is 2.